The summed E-state index contributed by atoms with van der Waals surface area (Å²) < 4.78 is 62.7. The minimum Gasteiger partial charge on any atom is -0.497 e. The number of morpholine rings is 1. The maximum Gasteiger partial charge on any atom is 0.285 e. The van der Waals surface area contributed by atoms with E-state index >= 15 is 0 Å². The van der Waals surface area contributed by atoms with Crippen molar-refractivity contribution in [1.82, 2.24) is 8.61 Å². The van der Waals surface area contributed by atoms with Gasteiger partial charge in [0.25, 0.3) is 31.9 Å². The zero-order valence-electron chi connectivity index (χ0n) is 28.6. The van der Waals surface area contributed by atoms with Gasteiger partial charge in [-0.15, -0.1) is 0 Å². The van der Waals surface area contributed by atoms with Gasteiger partial charge in [-0.2, -0.15) is 0 Å². The molecular formula is C37H37N5O8S2. The average molecular weight is 744 g/mol. The van der Waals surface area contributed by atoms with E-state index in [2.05, 4.69) is 15.5 Å². The highest BCUT2D eigenvalue weighted by atomic mass is 32.2. The van der Waals surface area contributed by atoms with Crippen LogP contribution in [0.1, 0.15) is 11.1 Å². The third kappa shape index (κ3) is 7.10. The number of anilines is 3. The van der Waals surface area contributed by atoms with E-state index in [9.17, 15) is 26.4 Å². The molecular weight excluding hydrogens is 707 g/mol. The van der Waals surface area contributed by atoms with Crippen LogP contribution in [0.5, 0.6) is 5.75 Å². The van der Waals surface area contributed by atoms with Crippen LogP contribution < -0.4 is 20.3 Å². The number of likely N-dealkylation sites (N-methyl/N-ethyl adjacent to an activating group) is 2. The number of rotatable bonds is 8. The Bertz CT molecular complexity index is 2240. The van der Waals surface area contributed by atoms with E-state index < -0.39 is 31.9 Å². The van der Waals surface area contributed by atoms with Gasteiger partial charge >= 0.3 is 0 Å². The second-order valence-corrected chi connectivity index (χ2v) is 15.6. The Morgan fingerprint density at radius 1 is 0.596 bits per heavy atom. The predicted molar refractivity (Wildman–Crippen MR) is 200 cm³/mol. The second-order valence-electron chi connectivity index (χ2n) is 11.8. The van der Waals surface area contributed by atoms with Crippen LogP contribution in [-0.2, 0) is 34.4 Å². The standard InChI is InChI=1S/C20H21N3O4S.C17H16N2O4S/c1-22-20(24)18(19(28(22,25)26)15-5-3-2-4-6-15)21-16-7-9-17(10-8-16)23-11-13-27-14-12-23;1-19-17(20)15(18-13-8-10-14(23-2)11-9-13)16(24(19,21)22)12-6-4-3-5-7-12/h2-10,21H,11-14H2,1H3;3-11,18H,1-2H3. The molecule has 3 aliphatic heterocycles. The second kappa shape index (κ2) is 14.9. The first kappa shape index (κ1) is 36.2. The zero-order valence-corrected chi connectivity index (χ0v) is 30.3. The van der Waals surface area contributed by atoms with E-state index in [0.717, 1.165) is 27.4 Å². The lowest BCUT2D eigenvalue weighted by Crippen LogP contribution is -2.36. The number of nitrogens with zero attached hydrogens (tertiary/aromatic N) is 3. The number of hydrogen-bond donors (Lipinski definition) is 2. The molecule has 1 saturated heterocycles. The Balaban J connectivity index is 0.000000181. The molecule has 15 heteroatoms. The fourth-order valence-electron chi connectivity index (χ4n) is 5.79. The van der Waals surface area contributed by atoms with Crippen LogP contribution in [0.3, 0.4) is 0 Å². The first-order chi connectivity index (χ1) is 24.9. The first-order valence-electron chi connectivity index (χ1n) is 16.2. The molecule has 13 nitrogen and oxygen atoms in total. The third-order valence-electron chi connectivity index (χ3n) is 8.64. The summed E-state index contributed by atoms with van der Waals surface area (Å²) in [6.45, 7) is 3.06. The van der Waals surface area contributed by atoms with Gasteiger partial charge in [0.1, 0.15) is 27.0 Å². The number of hydrogen-bond acceptors (Lipinski definition) is 11. The summed E-state index contributed by atoms with van der Waals surface area (Å²) in [7, 11) is -3.67. The normalized spacial score (nSPS) is 17.9. The molecule has 0 spiro atoms. The SMILES string of the molecule is CN1C(=O)C(Nc2ccc(N3CCOCC3)cc2)=C(c2ccccc2)S1(=O)=O.COc1ccc(NC2=C(c3ccccc3)S(=O)(=O)N(C)C2=O)cc1. The van der Waals surface area contributed by atoms with Crippen molar-refractivity contribution in [3.05, 3.63) is 132 Å². The van der Waals surface area contributed by atoms with Crippen LogP contribution >= 0.6 is 0 Å². The Morgan fingerprint density at radius 3 is 1.40 bits per heavy atom. The maximum atomic E-state index is 12.8. The highest BCUT2D eigenvalue weighted by molar-refractivity contribution is 8.00. The van der Waals surface area contributed by atoms with Gasteiger partial charge in [0, 0.05) is 44.2 Å². The molecule has 3 aliphatic rings. The third-order valence-corrected chi connectivity index (χ3v) is 12.3. The number of methoxy groups -OCH3 is 1. The highest BCUT2D eigenvalue weighted by Gasteiger charge is 2.43. The summed E-state index contributed by atoms with van der Waals surface area (Å²) in [5, 5.41) is 5.95. The van der Waals surface area contributed by atoms with Gasteiger partial charge in [-0.1, -0.05) is 60.7 Å². The fourth-order valence-corrected chi connectivity index (χ4v) is 8.61. The van der Waals surface area contributed by atoms with Gasteiger partial charge < -0.3 is 25.0 Å². The van der Waals surface area contributed by atoms with Crippen LogP contribution in [0, 0.1) is 0 Å². The molecule has 0 unspecified atom stereocenters. The van der Waals surface area contributed by atoms with Gasteiger partial charge in [0.2, 0.25) is 0 Å². The molecule has 0 bridgehead atoms. The molecule has 0 aliphatic carbocycles. The van der Waals surface area contributed by atoms with Crippen molar-refractivity contribution in [1.29, 1.82) is 0 Å². The number of benzene rings is 4. The van der Waals surface area contributed by atoms with Gasteiger partial charge in [0.15, 0.2) is 0 Å². The lowest BCUT2D eigenvalue weighted by molar-refractivity contribution is -0.122. The van der Waals surface area contributed by atoms with Crippen LogP contribution in [-0.4, -0.2) is 84.8 Å². The highest BCUT2D eigenvalue weighted by Crippen LogP contribution is 2.36. The molecule has 2 amide bonds. The molecule has 270 valence electrons. The molecule has 4 aromatic carbocycles. The van der Waals surface area contributed by atoms with Crippen molar-refractivity contribution >= 4 is 58.7 Å². The van der Waals surface area contributed by atoms with E-state index in [4.69, 9.17) is 9.47 Å². The van der Waals surface area contributed by atoms with Crippen molar-refractivity contribution in [2.75, 3.05) is 63.0 Å². The van der Waals surface area contributed by atoms with Gasteiger partial charge in [-0.3, -0.25) is 9.59 Å². The molecule has 0 aromatic heterocycles. The number of sulfonamides is 2. The van der Waals surface area contributed by atoms with Crippen molar-refractivity contribution < 1.29 is 35.9 Å². The summed E-state index contributed by atoms with van der Waals surface area (Å²) in [6, 6.07) is 31.7. The van der Waals surface area contributed by atoms with Gasteiger partial charge in [0.05, 0.1) is 20.3 Å². The number of nitrogens with one attached hydrogen (secondary N) is 2. The number of ether oxygens (including phenoxy) is 2. The zero-order chi connectivity index (χ0) is 37.0. The van der Waals surface area contributed by atoms with E-state index in [1.54, 1.807) is 92.0 Å². The largest absolute Gasteiger partial charge is 0.497 e. The Morgan fingerprint density at radius 2 is 1.00 bits per heavy atom. The van der Waals surface area contributed by atoms with Crippen molar-refractivity contribution in [2.45, 2.75) is 0 Å². The topological polar surface area (TPSA) is 155 Å². The van der Waals surface area contributed by atoms with Gasteiger partial charge in [-0.25, -0.2) is 25.4 Å². The van der Waals surface area contributed by atoms with Crippen LogP contribution in [0.4, 0.5) is 17.1 Å². The molecule has 0 saturated carbocycles. The molecule has 7 rings (SSSR count). The Kier molecular flexibility index (Phi) is 10.4. The quantitative estimate of drug-likeness (QED) is 0.264. The molecule has 0 atom stereocenters. The van der Waals surface area contributed by atoms with E-state index in [1.165, 1.54) is 14.1 Å². The maximum absolute atomic E-state index is 12.8. The van der Waals surface area contributed by atoms with Crippen LogP contribution in [0.25, 0.3) is 9.81 Å². The van der Waals surface area contributed by atoms with E-state index in [0.29, 0.717) is 41.5 Å². The van der Waals surface area contributed by atoms with Crippen LogP contribution in [0.15, 0.2) is 121 Å². The molecule has 1 fully saturated rings. The predicted octanol–water partition coefficient (Wildman–Crippen LogP) is 4.38. The summed E-state index contributed by atoms with van der Waals surface area (Å²) in [5.41, 5.74) is 3.35. The Hall–Kier alpha value is -5.64. The first-order valence-corrected chi connectivity index (χ1v) is 19.1. The van der Waals surface area contributed by atoms with Crippen molar-refractivity contribution in [3.8, 4) is 5.75 Å². The fraction of sp³-hybridized carbons (Fsp3) is 0.189. The monoisotopic (exact) mass is 743 g/mol. The number of carbonyl (C=O) groups excluding carboxylic acids is 2. The molecule has 2 N–H and O–H groups in total. The Labute approximate surface area is 302 Å². The van der Waals surface area contributed by atoms with Crippen molar-refractivity contribution in [3.63, 3.8) is 0 Å². The summed E-state index contributed by atoms with van der Waals surface area (Å²) in [4.78, 5) is 27.3. The van der Waals surface area contributed by atoms with Gasteiger partial charge in [-0.05, 0) is 59.7 Å². The van der Waals surface area contributed by atoms with E-state index in [1.807, 2.05) is 24.3 Å². The minimum atomic E-state index is -3.88. The molecule has 52 heavy (non-hydrogen) atoms. The minimum absolute atomic E-state index is 0.00199. The summed E-state index contributed by atoms with van der Waals surface area (Å²) >= 11 is 0. The lowest BCUT2D eigenvalue weighted by Gasteiger charge is -2.28. The summed E-state index contributed by atoms with van der Waals surface area (Å²) in [6.07, 6.45) is 0. The smallest absolute Gasteiger partial charge is 0.285 e. The number of amides is 2. The molecule has 4 aromatic rings. The lowest BCUT2D eigenvalue weighted by atomic mass is 10.1. The molecule has 0 radical (unpaired) electrons. The average Bonchev–Trinajstić information content (AvgIpc) is 3.45. The van der Waals surface area contributed by atoms with Crippen LogP contribution in [0.2, 0.25) is 0 Å². The van der Waals surface area contributed by atoms with Crippen molar-refractivity contribution in [2.24, 2.45) is 0 Å². The molecule has 3 heterocycles. The van der Waals surface area contributed by atoms with E-state index in [-0.39, 0.29) is 21.2 Å². The summed E-state index contributed by atoms with van der Waals surface area (Å²) in [5.74, 6) is -0.499. The number of carbonyl (C=O) groups is 2.